The van der Waals surface area contributed by atoms with E-state index in [1.807, 2.05) is 31.2 Å². The van der Waals surface area contributed by atoms with Crippen LogP contribution in [0.1, 0.15) is 38.8 Å². The molecule has 0 bridgehead atoms. The minimum absolute atomic E-state index is 0.136. The van der Waals surface area contributed by atoms with E-state index in [0.717, 1.165) is 47.6 Å². The van der Waals surface area contributed by atoms with E-state index in [1.54, 1.807) is 6.08 Å². The number of anilines is 1. The summed E-state index contributed by atoms with van der Waals surface area (Å²) in [5, 5.41) is 6.33. The number of likely N-dealkylation sites (N-methyl/N-ethyl adjacent to an activating group) is 1. The second kappa shape index (κ2) is 9.30. The smallest absolute Gasteiger partial charge is 0.251 e. The van der Waals surface area contributed by atoms with Crippen LogP contribution in [0.15, 0.2) is 30.3 Å². The quantitative estimate of drug-likeness (QED) is 0.503. The number of nitrogens with two attached hydrogens (primary N) is 1. The number of nitrogens with zero attached hydrogens (tertiary/aromatic N) is 1. The highest BCUT2D eigenvalue weighted by atomic mass is 32.1. The van der Waals surface area contributed by atoms with Gasteiger partial charge in [0.1, 0.15) is 5.00 Å². The summed E-state index contributed by atoms with van der Waals surface area (Å²) in [6.07, 6.45) is 3.92. The van der Waals surface area contributed by atoms with Crippen LogP contribution in [0.25, 0.3) is 6.08 Å². The van der Waals surface area contributed by atoms with Crippen molar-refractivity contribution in [3.8, 4) is 0 Å². The van der Waals surface area contributed by atoms with Crippen molar-refractivity contribution < 1.29 is 9.59 Å². The predicted octanol–water partition coefficient (Wildman–Crippen LogP) is 3.06. The van der Waals surface area contributed by atoms with Gasteiger partial charge in [-0.1, -0.05) is 36.8 Å². The van der Waals surface area contributed by atoms with Gasteiger partial charge in [0, 0.05) is 24.0 Å². The lowest BCUT2D eigenvalue weighted by atomic mass is 10.0. The van der Waals surface area contributed by atoms with Crippen LogP contribution in [0, 0.1) is 6.92 Å². The van der Waals surface area contributed by atoms with Crippen LogP contribution in [0.5, 0.6) is 0 Å². The molecule has 1 aliphatic heterocycles. The van der Waals surface area contributed by atoms with E-state index in [4.69, 9.17) is 18.0 Å². The average molecular weight is 429 g/mol. The molecule has 0 spiro atoms. The van der Waals surface area contributed by atoms with Crippen LogP contribution in [0.4, 0.5) is 5.00 Å². The lowest BCUT2D eigenvalue weighted by Crippen LogP contribution is -2.33. The predicted molar refractivity (Wildman–Crippen MR) is 122 cm³/mol. The van der Waals surface area contributed by atoms with Crippen LogP contribution >= 0.6 is 23.6 Å². The Bertz CT molecular complexity index is 964. The van der Waals surface area contributed by atoms with Crippen molar-refractivity contribution in [2.45, 2.75) is 26.8 Å². The standard InChI is InChI=1S/C21H24N4O2S2/c1-3-25-11-10-15-16(12-25)29-20(18(15)19(22)27)24-21(28)23-17(26)9-8-14-6-4-13(2)5-7-14/h4-9H,3,10-12H2,1-2H3,(H2,22,27)(H2,23,24,26,28)/b9-8+. The third-order valence-electron chi connectivity index (χ3n) is 4.80. The number of primary amides is 1. The van der Waals surface area contributed by atoms with Gasteiger partial charge in [0.2, 0.25) is 5.91 Å². The van der Waals surface area contributed by atoms with Crippen molar-refractivity contribution in [1.82, 2.24) is 10.2 Å². The summed E-state index contributed by atoms with van der Waals surface area (Å²) >= 11 is 6.73. The average Bonchev–Trinajstić information content (AvgIpc) is 3.04. The fourth-order valence-corrected chi connectivity index (χ4v) is 4.78. The third-order valence-corrected chi connectivity index (χ3v) is 6.13. The largest absolute Gasteiger partial charge is 0.365 e. The molecular weight excluding hydrogens is 404 g/mol. The van der Waals surface area contributed by atoms with Gasteiger partial charge in [-0.15, -0.1) is 11.3 Å². The number of rotatable bonds is 5. The fourth-order valence-electron chi connectivity index (χ4n) is 3.21. The highest BCUT2D eigenvalue weighted by Crippen LogP contribution is 2.36. The molecule has 0 aliphatic carbocycles. The van der Waals surface area contributed by atoms with Gasteiger partial charge in [-0.25, -0.2) is 0 Å². The first-order valence-electron chi connectivity index (χ1n) is 9.40. The van der Waals surface area contributed by atoms with E-state index in [9.17, 15) is 9.59 Å². The molecule has 0 atom stereocenters. The van der Waals surface area contributed by atoms with Crippen LogP contribution in [0.2, 0.25) is 0 Å². The van der Waals surface area contributed by atoms with Gasteiger partial charge >= 0.3 is 0 Å². The van der Waals surface area contributed by atoms with Crippen molar-refractivity contribution in [2.24, 2.45) is 5.73 Å². The van der Waals surface area contributed by atoms with E-state index < -0.39 is 5.91 Å². The number of carbonyl (C=O) groups is 2. The second-order valence-corrected chi connectivity index (χ2v) is 8.39. The van der Waals surface area contributed by atoms with Crippen LogP contribution in [-0.4, -0.2) is 34.9 Å². The number of hydrogen-bond acceptors (Lipinski definition) is 5. The van der Waals surface area contributed by atoms with E-state index in [1.165, 1.54) is 17.4 Å². The topological polar surface area (TPSA) is 87.5 Å². The van der Waals surface area contributed by atoms with E-state index in [0.29, 0.717) is 10.6 Å². The summed E-state index contributed by atoms with van der Waals surface area (Å²) in [6, 6.07) is 7.83. The molecule has 4 N–H and O–H groups in total. The molecule has 29 heavy (non-hydrogen) atoms. The summed E-state index contributed by atoms with van der Waals surface area (Å²) < 4.78 is 0. The number of amides is 2. The summed E-state index contributed by atoms with van der Waals surface area (Å²) in [5.41, 5.74) is 9.17. The molecule has 1 aliphatic rings. The monoisotopic (exact) mass is 428 g/mol. The Morgan fingerprint density at radius 2 is 2.03 bits per heavy atom. The molecule has 2 amide bonds. The molecular formula is C21H24N4O2S2. The zero-order valence-corrected chi connectivity index (χ0v) is 18.1. The molecule has 6 nitrogen and oxygen atoms in total. The molecule has 0 radical (unpaired) electrons. The molecule has 1 aromatic carbocycles. The Morgan fingerprint density at radius 1 is 1.31 bits per heavy atom. The Balaban J connectivity index is 1.67. The molecule has 1 aromatic heterocycles. The Hall–Kier alpha value is -2.55. The van der Waals surface area contributed by atoms with Crippen molar-refractivity contribution in [2.75, 3.05) is 18.4 Å². The summed E-state index contributed by atoms with van der Waals surface area (Å²) in [4.78, 5) is 27.6. The molecule has 0 unspecified atom stereocenters. The zero-order chi connectivity index (χ0) is 21.0. The maximum atomic E-state index is 12.2. The van der Waals surface area contributed by atoms with Crippen LogP contribution < -0.4 is 16.4 Å². The number of carbonyl (C=O) groups excluding carboxylic acids is 2. The summed E-state index contributed by atoms with van der Waals surface area (Å²) in [5.74, 6) is -0.828. The number of thiocarbonyl (C=S) groups is 1. The Morgan fingerprint density at radius 3 is 2.69 bits per heavy atom. The van der Waals surface area contributed by atoms with Crippen LogP contribution in [0.3, 0.4) is 0 Å². The first kappa shape index (κ1) is 21.2. The highest BCUT2D eigenvalue weighted by molar-refractivity contribution is 7.80. The maximum Gasteiger partial charge on any atom is 0.251 e. The van der Waals surface area contributed by atoms with Crippen molar-refractivity contribution >= 4 is 51.6 Å². The van der Waals surface area contributed by atoms with Gasteiger partial charge in [-0.3, -0.25) is 19.8 Å². The number of fused-ring (bicyclic) bond motifs is 1. The summed E-state index contributed by atoms with van der Waals surface area (Å²) in [6.45, 7) is 6.75. The number of thiophene rings is 1. The SMILES string of the molecule is CCN1CCc2c(sc(NC(=S)NC(=O)/C=C/c3ccc(C)cc3)c2C(N)=O)C1. The molecule has 0 fully saturated rings. The van der Waals surface area contributed by atoms with Gasteiger partial charge in [0.15, 0.2) is 5.11 Å². The van der Waals surface area contributed by atoms with Crippen molar-refractivity contribution in [1.29, 1.82) is 0 Å². The van der Waals surface area contributed by atoms with E-state index >= 15 is 0 Å². The first-order chi connectivity index (χ1) is 13.9. The van der Waals surface area contributed by atoms with E-state index in [2.05, 4.69) is 22.5 Å². The zero-order valence-electron chi connectivity index (χ0n) is 16.5. The van der Waals surface area contributed by atoms with Gasteiger partial charge in [0.25, 0.3) is 5.91 Å². The molecule has 8 heteroatoms. The lowest BCUT2D eigenvalue weighted by Gasteiger charge is -2.25. The molecule has 2 heterocycles. The first-order valence-corrected chi connectivity index (χ1v) is 10.6. The van der Waals surface area contributed by atoms with Gasteiger partial charge < -0.3 is 11.1 Å². The fraction of sp³-hybridized carbons (Fsp3) is 0.286. The molecule has 152 valence electrons. The summed E-state index contributed by atoms with van der Waals surface area (Å²) in [7, 11) is 0. The minimum Gasteiger partial charge on any atom is -0.365 e. The molecule has 2 aromatic rings. The van der Waals surface area contributed by atoms with Crippen molar-refractivity contribution in [3.05, 3.63) is 57.5 Å². The minimum atomic E-state index is -0.483. The molecule has 3 rings (SSSR count). The second-order valence-electron chi connectivity index (χ2n) is 6.88. The van der Waals surface area contributed by atoms with E-state index in [-0.39, 0.29) is 11.0 Å². The normalized spacial score (nSPS) is 13.9. The van der Waals surface area contributed by atoms with Crippen molar-refractivity contribution in [3.63, 3.8) is 0 Å². The molecule has 0 saturated carbocycles. The number of aryl methyl sites for hydroxylation is 1. The number of benzene rings is 1. The highest BCUT2D eigenvalue weighted by Gasteiger charge is 2.26. The molecule has 0 saturated heterocycles. The Labute approximate surface area is 179 Å². The number of nitrogens with one attached hydrogen (secondary N) is 2. The van der Waals surface area contributed by atoms with Gasteiger partial charge in [0.05, 0.1) is 5.56 Å². The maximum absolute atomic E-state index is 12.2. The van der Waals surface area contributed by atoms with Gasteiger partial charge in [-0.2, -0.15) is 0 Å². The van der Waals surface area contributed by atoms with Gasteiger partial charge in [-0.05, 0) is 49.3 Å². The third kappa shape index (κ3) is 5.29. The van der Waals surface area contributed by atoms with Crippen LogP contribution in [-0.2, 0) is 17.8 Å². The number of hydrogen-bond donors (Lipinski definition) is 3. The lowest BCUT2D eigenvalue weighted by molar-refractivity contribution is -0.115. The Kier molecular flexibility index (Phi) is 6.79.